The fraction of sp³-hybridized carbons (Fsp3) is 0.529. The second-order valence-corrected chi connectivity index (χ2v) is 5.79. The van der Waals surface area contributed by atoms with Gasteiger partial charge in [-0.25, -0.2) is 0 Å². The second-order valence-electron chi connectivity index (χ2n) is 5.79. The van der Waals surface area contributed by atoms with Gasteiger partial charge in [0.2, 0.25) is 0 Å². The van der Waals surface area contributed by atoms with Crippen molar-refractivity contribution in [2.24, 2.45) is 11.8 Å². The van der Waals surface area contributed by atoms with Gasteiger partial charge in [-0.3, -0.25) is 9.59 Å². The fourth-order valence-corrected chi connectivity index (χ4v) is 2.89. The zero-order chi connectivity index (χ0) is 16.8. The summed E-state index contributed by atoms with van der Waals surface area (Å²) in [6.07, 6.45) is 1.43. The highest BCUT2D eigenvalue weighted by Crippen LogP contribution is 2.24. The zero-order valence-electron chi connectivity index (χ0n) is 13.5. The molecule has 1 amide bonds. The lowest BCUT2D eigenvalue weighted by Crippen LogP contribution is -2.39. The summed E-state index contributed by atoms with van der Waals surface area (Å²) in [6.45, 7) is 3.12. The number of carbonyl (C=O) groups is 2. The molecule has 1 fully saturated rings. The van der Waals surface area contributed by atoms with Crippen LogP contribution in [0.15, 0.2) is 18.2 Å². The van der Waals surface area contributed by atoms with E-state index >= 15 is 0 Å². The van der Waals surface area contributed by atoms with E-state index in [1.54, 1.807) is 25.3 Å². The smallest absolute Gasteiger partial charge is 0.308 e. The van der Waals surface area contributed by atoms with Crippen molar-refractivity contribution in [2.45, 2.75) is 19.8 Å². The number of aliphatic carboxylic acids is 1. The Morgan fingerprint density at radius 2 is 2.09 bits per heavy atom. The summed E-state index contributed by atoms with van der Waals surface area (Å²) in [5.74, 6) is -0.989. The Morgan fingerprint density at radius 1 is 1.39 bits per heavy atom. The standard InChI is InChI=1S/C17H23NO5/c1-11-9-13(22-2)3-4-14(11)16(19)18-10-15(17(20)21)12-5-7-23-8-6-12/h3-4,9,12,15H,5-8,10H2,1-2H3,(H,18,19)(H,20,21). The first kappa shape index (κ1) is 17.3. The minimum atomic E-state index is -0.872. The largest absolute Gasteiger partial charge is 0.497 e. The van der Waals surface area contributed by atoms with Gasteiger partial charge in [0.25, 0.3) is 5.91 Å². The van der Waals surface area contributed by atoms with Crippen molar-refractivity contribution in [1.29, 1.82) is 0 Å². The Kier molecular flexibility index (Phi) is 5.98. The van der Waals surface area contributed by atoms with Crippen LogP contribution in [-0.2, 0) is 9.53 Å². The Balaban J connectivity index is 1.99. The maximum atomic E-state index is 12.3. The van der Waals surface area contributed by atoms with Gasteiger partial charge in [-0.2, -0.15) is 0 Å². The first-order valence-electron chi connectivity index (χ1n) is 7.76. The van der Waals surface area contributed by atoms with Crippen LogP contribution in [0.1, 0.15) is 28.8 Å². The van der Waals surface area contributed by atoms with Crippen LogP contribution in [0, 0.1) is 18.8 Å². The zero-order valence-corrected chi connectivity index (χ0v) is 13.5. The van der Waals surface area contributed by atoms with Crippen LogP contribution in [-0.4, -0.2) is 43.9 Å². The van der Waals surface area contributed by atoms with E-state index in [2.05, 4.69) is 5.32 Å². The SMILES string of the molecule is COc1ccc(C(=O)NCC(C(=O)O)C2CCOCC2)c(C)c1. The third-order valence-electron chi connectivity index (χ3n) is 4.31. The molecule has 6 nitrogen and oxygen atoms in total. The van der Waals surface area contributed by atoms with Gasteiger partial charge >= 0.3 is 5.97 Å². The number of carbonyl (C=O) groups excluding carboxylic acids is 1. The van der Waals surface area contributed by atoms with Crippen LogP contribution in [0.5, 0.6) is 5.75 Å². The quantitative estimate of drug-likeness (QED) is 0.835. The molecule has 1 saturated heterocycles. The lowest BCUT2D eigenvalue weighted by atomic mass is 9.86. The van der Waals surface area contributed by atoms with E-state index in [1.807, 2.05) is 6.92 Å². The summed E-state index contributed by atoms with van der Waals surface area (Å²) in [5.41, 5.74) is 1.32. The number of nitrogens with one attached hydrogen (secondary N) is 1. The summed E-state index contributed by atoms with van der Waals surface area (Å²) in [7, 11) is 1.57. The van der Waals surface area contributed by atoms with Crippen LogP contribution in [0.4, 0.5) is 0 Å². The molecule has 126 valence electrons. The Hall–Kier alpha value is -2.08. The molecule has 0 radical (unpaired) electrons. The summed E-state index contributed by atoms with van der Waals surface area (Å²) in [5, 5.41) is 12.2. The summed E-state index contributed by atoms with van der Waals surface area (Å²) < 4.78 is 10.4. The molecule has 1 unspecified atom stereocenters. The van der Waals surface area contributed by atoms with Crippen LogP contribution >= 0.6 is 0 Å². The van der Waals surface area contributed by atoms with Crippen molar-refractivity contribution >= 4 is 11.9 Å². The topological polar surface area (TPSA) is 84.9 Å². The van der Waals surface area contributed by atoms with Crippen molar-refractivity contribution in [3.63, 3.8) is 0 Å². The average Bonchev–Trinajstić information content (AvgIpc) is 2.55. The number of ether oxygens (including phenoxy) is 2. The predicted molar refractivity (Wildman–Crippen MR) is 84.7 cm³/mol. The van der Waals surface area contributed by atoms with Gasteiger partial charge in [0.05, 0.1) is 13.0 Å². The highest BCUT2D eigenvalue weighted by molar-refractivity contribution is 5.96. The van der Waals surface area contributed by atoms with Crippen molar-refractivity contribution in [3.8, 4) is 5.75 Å². The number of amides is 1. The predicted octanol–water partition coefficient (Wildman–Crippen LogP) is 1.86. The number of benzene rings is 1. The summed E-state index contributed by atoms with van der Waals surface area (Å²) >= 11 is 0. The lowest BCUT2D eigenvalue weighted by Gasteiger charge is -2.27. The molecule has 1 atom stereocenters. The third-order valence-corrected chi connectivity index (χ3v) is 4.31. The van der Waals surface area contributed by atoms with E-state index in [0.29, 0.717) is 37.4 Å². The normalized spacial score (nSPS) is 16.6. The van der Waals surface area contributed by atoms with E-state index in [4.69, 9.17) is 9.47 Å². The van der Waals surface area contributed by atoms with Gasteiger partial charge in [-0.15, -0.1) is 0 Å². The molecule has 1 heterocycles. The molecular weight excluding hydrogens is 298 g/mol. The van der Waals surface area contributed by atoms with Crippen molar-refractivity contribution < 1.29 is 24.2 Å². The monoisotopic (exact) mass is 321 g/mol. The Labute approximate surface area is 135 Å². The molecule has 23 heavy (non-hydrogen) atoms. The molecule has 0 spiro atoms. The fourth-order valence-electron chi connectivity index (χ4n) is 2.89. The summed E-state index contributed by atoms with van der Waals surface area (Å²) in [6, 6.07) is 5.19. The van der Waals surface area contributed by atoms with Crippen molar-refractivity contribution in [1.82, 2.24) is 5.32 Å². The molecule has 1 aromatic rings. The first-order valence-corrected chi connectivity index (χ1v) is 7.76. The Bertz CT molecular complexity index is 566. The van der Waals surface area contributed by atoms with Gasteiger partial charge in [0.15, 0.2) is 0 Å². The number of methoxy groups -OCH3 is 1. The molecule has 1 aliphatic heterocycles. The van der Waals surface area contributed by atoms with E-state index in [1.165, 1.54) is 0 Å². The molecule has 2 N–H and O–H groups in total. The van der Waals surface area contributed by atoms with Crippen LogP contribution in [0.25, 0.3) is 0 Å². The lowest BCUT2D eigenvalue weighted by molar-refractivity contribution is -0.144. The minimum Gasteiger partial charge on any atom is -0.497 e. The molecule has 2 rings (SSSR count). The Morgan fingerprint density at radius 3 is 2.65 bits per heavy atom. The number of carboxylic acids is 1. The summed E-state index contributed by atoms with van der Waals surface area (Å²) in [4.78, 5) is 23.8. The number of hydrogen-bond donors (Lipinski definition) is 2. The molecule has 6 heteroatoms. The molecule has 1 aliphatic rings. The number of hydrogen-bond acceptors (Lipinski definition) is 4. The third kappa shape index (κ3) is 4.45. The van der Waals surface area contributed by atoms with Gasteiger partial charge in [0, 0.05) is 25.3 Å². The average molecular weight is 321 g/mol. The van der Waals surface area contributed by atoms with Crippen LogP contribution < -0.4 is 10.1 Å². The van der Waals surface area contributed by atoms with Gasteiger partial charge in [-0.05, 0) is 49.4 Å². The highest BCUT2D eigenvalue weighted by Gasteiger charge is 2.30. The van der Waals surface area contributed by atoms with Gasteiger partial charge < -0.3 is 19.9 Å². The van der Waals surface area contributed by atoms with E-state index in [9.17, 15) is 14.7 Å². The molecule has 0 bridgehead atoms. The van der Waals surface area contributed by atoms with E-state index in [-0.39, 0.29) is 18.4 Å². The van der Waals surface area contributed by atoms with Crippen molar-refractivity contribution in [2.75, 3.05) is 26.9 Å². The number of carboxylic acid groups (broad SMARTS) is 1. The maximum absolute atomic E-state index is 12.3. The highest BCUT2D eigenvalue weighted by atomic mass is 16.5. The molecule has 1 aromatic carbocycles. The van der Waals surface area contributed by atoms with Gasteiger partial charge in [0.1, 0.15) is 5.75 Å². The minimum absolute atomic E-state index is 0.0403. The second kappa shape index (κ2) is 7.97. The van der Waals surface area contributed by atoms with Crippen LogP contribution in [0.2, 0.25) is 0 Å². The van der Waals surface area contributed by atoms with Crippen LogP contribution in [0.3, 0.4) is 0 Å². The van der Waals surface area contributed by atoms with Crippen molar-refractivity contribution in [3.05, 3.63) is 29.3 Å². The number of rotatable bonds is 6. The van der Waals surface area contributed by atoms with E-state index < -0.39 is 11.9 Å². The van der Waals surface area contributed by atoms with Gasteiger partial charge in [-0.1, -0.05) is 0 Å². The molecular formula is C17H23NO5. The first-order chi connectivity index (χ1) is 11.0. The molecule has 0 saturated carbocycles. The maximum Gasteiger partial charge on any atom is 0.308 e. The molecule has 0 aromatic heterocycles. The van der Waals surface area contributed by atoms with E-state index in [0.717, 1.165) is 5.56 Å². The number of aryl methyl sites for hydroxylation is 1. The molecule has 0 aliphatic carbocycles.